The van der Waals surface area contributed by atoms with E-state index in [1.54, 1.807) is 12.1 Å². The summed E-state index contributed by atoms with van der Waals surface area (Å²) in [6.07, 6.45) is 0. The normalized spacial score (nSPS) is 25.8. The smallest absolute Gasteiger partial charge is 0.289 e. The van der Waals surface area contributed by atoms with Gasteiger partial charge in [0.2, 0.25) is 0 Å². The first-order valence-corrected chi connectivity index (χ1v) is 6.18. The van der Waals surface area contributed by atoms with Crippen molar-refractivity contribution in [2.45, 2.75) is 25.9 Å². The molecule has 2 atom stereocenters. The molecule has 1 fully saturated rings. The Bertz CT molecular complexity index is 391. The summed E-state index contributed by atoms with van der Waals surface area (Å²) in [7, 11) is 0. The highest BCUT2D eigenvalue weighted by molar-refractivity contribution is 9.10. The van der Waals surface area contributed by atoms with E-state index in [1.165, 1.54) is 0 Å². The molecule has 16 heavy (non-hydrogen) atoms. The molecule has 1 amide bonds. The lowest BCUT2D eigenvalue weighted by atomic mass is 10.1. The third kappa shape index (κ3) is 2.15. The maximum Gasteiger partial charge on any atom is 0.289 e. The Balaban J connectivity index is 2.15. The highest BCUT2D eigenvalue weighted by atomic mass is 79.9. The molecule has 0 radical (unpaired) electrons. The minimum Gasteiger partial charge on any atom is -0.444 e. The number of amides is 1. The minimum absolute atomic E-state index is 0.0356. The summed E-state index contributed by atoms with van der Waals surface area (Å²) in [5.41, 5.74) is 0. The number of rotatable bonds is 1. The third-order valence-corrected chi connectivity index (χ3v) is 3.51. The van der Waals surface area contributed by atoms with E-state index in [0.29, 0.717) is 16.5 Å². The van der Waals surface area contributed by atoms with Crippen molar-refractivity contribution >= 4 is 21.8 Å². The summed E-state index contributed by atoms with van der Waals surface area (Å²) in [4.78, 5) is 14.0. The van der Waals surface area contributed by atoms with Crippen LogP contribution in [0.25, 0.3) is 0 Å². The zero-order valence-electron chi connectivity index (χ0n) is 9.37. The number of piperazine rings is 1. The maximum atomic E-state index is 12.2. The van der Waals surface area contributed by atoms with Crippen molar-refractivity contribution in [1.29, 1.82) is 0 Å². The second-order valence-electron chi connectivity index (χ2n) is 4.09. The van der Waals surface area contributed by atoms with Gasteiger partial charge in [0, 0.05) is 25.2 Å². The van der Waals surface area contributed by atoms with Gasteiger partial charge in [-0.1, -0.05) is 0 Å². The quantitative estimate of drug-likeness (QED) is 0.857. The largest absolute Gasteiger partial charge is 0.444 e. The van der Waals surface area contributed by atoms with Gasteiger partial charge in [0.1, 0.15) is 0 Å². The summed E-state index contributed by atoms with van der Waals surface area (Å²) in [5.74, 6) is 0.361. The summed E-state index contributed by atoms with van der Waals surface area (Å²) < 4.78 is 5.88. The number of carbonyl (C=O) groups excluding carboxylic acids is 1. The van der Waals surface area contributed by atoms with Crippen LogP contribution in [0, 0.1) is 0 Å². The summed E-state index contributed by atoms with van der Waals surface area (Å²) in [5, 5.41) is 3.34. The number of halogens is 1. The van der Waals surface area contributed by atoms with Crippen molar-refractivity contribution < 1.29 is 9.21 Å². The Hall–Kier alpha value is -0.810. The zero-order chi connectivity index (χ0) is 11.7. The van der Waals surface area contributed by atoms with Gasteiger partial charge in [0.25, 0.3) is 5.91 Å². The summed E-state index contributed by atoms with van der Waals surface area (Å²) in [6, 6.07) is 3.94. The van der Waals surface area contributed by atoms with Gasteiger partial charge < -0.3 is 14.6 Å². The fraction of sp³-hybridized carbons (Fsp3) is 0.545. The third-order valence-electron chi connectivity index (χ3n) is 3.08. The molecule has 0 bridgehead atoms. The van der Waals surface area contributed by atoms with Crippen LogP contribution >= 0.6 is 15.9 Å². The lowest BCUT2D eigenvalue weighted by Gasteiger charge is -2.38. The molecule has 4 nitrogen and oxygen atoms in total. The minimum atomic E-state index is -0.0356. The molecule has 1 aliphatic rings. The molecule has 5 heteroatoms. The Morgan fingerprint density at radius 3 is 2.94 bits per heavy atom. The van der Waals surface area contributed by atoms with Crippen molar-refractivity contribution in [1.82, 2.24) is 10.2 Å². The molecule has 2 rings (SSSR count). The number of hydrogen-bond donors (Lipinski definition) is 1. The van der Waals surface area contributed by atoms with E-state index in [0.717, 1.165) is 13.1 Å². The Morgan fingerprint density at radius 1 is 1.56 bits per heavy atom. The lowest BCUT2D eigenvalue weighted by molar-refractivity contribution is 0.0569. The molecule has 0 spiro atoms. The predicted octanol–water partition coefficient (Wildman–Crippen LogP) is 1.86. The topological polar surface area (TPSA) is 45.5 Å². The predicted molar refractivity (Wildman–Crippen MR) is 64.4 cm³/mol. The van der Waals surface area contributed by atoms with Crippen LogP contribution in [0.4, 0.5) is 0 Å². The fourth-order valence-electron chi connectivity index (χ4n) is 1.91. The van der Waals surface area contributed by atoms with Crippen molar-refractivity contribution in [2.24, 2.45) is 0 Å². The highest BCUT2D eigenvalue weighted by Gasteiger charge is 2.30. The number of furan rings is 1. The number of nitrogens with zero attached hydrogens (tertiary/aromatic N) is 1. The van der Waals surface area contributed by atoms with E-state index in [-0.39, 0.29) is 11.9 Å². The second-order valence-corrected chi connectivity index (χ2v) is 4.87. The Kier molecular flexibility index (Phi) is 3.35. The Labute approximate surface area is 103 Å². The Morgan fingerprint density at radius 2 is 2.31 bits per heavy atom. The average Bonchev–Trinajstić information content (AvgIpc) is 2.68. The van der Waals surface area contributed by atoms with Crippen LogP contribution in [0.5, 0.6) is 0 Å². The molecule has 0 aliphatic carbocycles. The van der Waals surface area contributed by atoms with Crippen LogP contribution in [-0.2, 0) is 0 Å². The van der Waals surface area contributed by atoms with Gasteiger partial charge in [-0.05, 0) is 41.9 Å². The first-order chi connectivity index (χ1) is 7.59. The van der Waals surface area contributed by atoms with Crippen LogP contribution in [0.2, 0.25) is 0 Å². The van der Waals surface area contributed by atoms with E-state index in [2.05, 4.69) is 28.2 Å². The zero-order valence-corrected chi connectivity index (χ0v) is 11.0. The van der Waals surface area contributed by atoms with E-state index in [1.807, 2.05) is 11.8 Å². The standard InChI is InChI=1S/C11H15BrN2O2/c1-7-8(2)14(6-5-13-7)11(15)9-3-4-10(12)16-9/h3-4,7-8,13H,5-6H2,1-2H3. The SMILES string of the molecule is CC1NCCN(C(=O)c2ccc(Br)o2)C1C. The molecule has 1 saturated heterocycles. The van der Waals surface area contributed by atoms with E-state index in [9.17, 15) is 4.79 Å². The van der Waals surface area contributed by atoms with Gasteiger partial charge in [0.15, 0.2) is 10.4 Å². The van der Waals surface area contributed by atoms with Crippen molar-refractivity contribution in [3.63, 3.8) is 0 Å². The monoisotopic (exact) mass is 286 g/mol. The van der Waals surface area contributed by atoms with Gasteiger partial charge in [-0.3, -0.25) is 4.79 Å². The van der Waals surface area contributed by atoms with Crippen LogP contribution in [0.3, 0.4) is 0 Å². The van der Waals surface area contributed by atoms with Gasteiger partial charge in [-0.15, -0.1) is 0 Å². The molecule has 2 heterocycles. The second kappa shape index (κ2) is 4.59. The van der Waals surface area contributed by atoms with Crippen LogP contribution in [0.15, 0.2) is 21.2 Å². The van der Waals surface area contributed by atoms with Crippen LogP contribution in [-0.4, -0.2) is 36.0 Å². The summed E-state index contributed by atoms with van der Waals surface area (Å²) >= 11 is 3.20. The van der Waals surface area contributed by atoms with Crippen molar-refractivity contribution in [3.05, 3.63) is 22.6 Å². The van der Waals surface area contributed by atoms with E-state index < -0.39 is 0 Å². The molecule has 1 aromatic rings. The van der Waals surface area contributed by atoms with Crippen molar-refractivity contribution in [2.75, 3.05) is 13.1 Å². The first kappa shape index (κ1) is 11.7. The molecule has 0 saturated carbocycles. The van der Waals surface area contributed by atoms with Crippen LogP contribution in [0.1, 0.15) is 24.4 Å². The molecule has 1 aliphatic heterocycles. The van der Waals surface area contributed by atoms with Gasteiger partial charge in [0.05, 0.1) is 0 Å². The highest BCUT2D eigenvalue weighted by Crippen LogP contribution is 2.18. The number of nitrogens with one attached hydrogen (secondary N) is 1. The summed E-state index contributed by atoms with van der Waals surface area (Å²) in [6.45, 7) is 5.69. The van der Waals surface area contributed by atoms with Gasteiger partial charge in [-0.25, -0.2) is 0 Å². The molecule has 0 aromatic carbocycles. The lowest BCUT2D eigenvalue weighted by Crippen LogP contribution is -2.57. The molecular weight excluding hydrogens is 272 g/mol. The fourth-order valence-corrected chi connectivity index (χ4v) is 2.22. The molecular formula is C11H15BrN2O2. The number of hydrogen-bond acceptors (Lipinski definition) is 3. The molecule has 1 aromatic heterocycles. The van der Waals surface area contributed by atoms with Crippen molar-refractivity contribution in [3.8, 4) is 0 Å². The van der Waals surface area contributed by atoms with Gasteiger partial charge in [-0.2, -0.15) is 0 Å². The van der Waals surface area contributed by atoms with E-state index >= 15 is 0 Å². The van der Waals surface area contributed by atoms with Gasteiger partial charge >= 0.3 is 0 Å². The number of carbonyl (C=O) groups is 1. The van der Waals surface area contributed by atoms with Crippen LogP contribution < -0.4 is 5.32 Å². The molecule has 1 N–H and O–H groups in total. The maximum absolute atomic E-state index is 12.2. The average molecular weight is 287 g/mol. The molecule has 88 valence electrons. The first-order valence-electron chi connectivity index (χ1n) is 5.39. The van der Waals surface area contributed by atoms with E-state index in [4.69, 9.17) is 4.42 Å². The molecule has 2 unspecified atom stereocenters.